The van der Waals surface area contributed by atoms with Gasteiger partial charge in [-0.2, -0.15) is 0 Å². The number of nitrogens with two attached hydrogens (primary N) is 1. The summed E-state index contributed by atoms with van der Waals surface area (Å²) in [7, 11) is 0. The van der Waals surface area contributed by atoms with Crippen molar-refractivity contribution in [2.45, 2.75) is 6.61 Å². The van der Waals surface area contributed by atoms with Crippen LogP contribution in [0.1, 0.15) is 5.56 Å². The number of oxime groups is 1. The van der Waals surface area contributed by atoms with Crippen LogP contribution in [0.3, 0.4) is 0 Å². The van der Waals surface area contributed by atoms with Crippen LogP contribution in [0, 0.1) is 0 Å². The zero-order valence-electron chi connectivity index (χ0n) is 6.81. The SMILES string of the molecule is NCC=NOCc1ccccc1. The molecule has 3 nitrogen and oxygen atoms in total. The van der Waals surface area contributed by atoms with Crippen LogP contribution in [-0.4, -0.2) is 12.8 Å². The number of hydrogen-bond acceptors (Lipinski definition) is 3. The molecule has 0 atom stereocenters. The standard InChI is InChI=1S/C9H12N2O/c10-6-7-11-12-8-9-4-2-1-3-5-9/h1-5,7H,6,8,10H2. The Bertz CT molecular complexity index is 234. The third kappa shape index (κ3) is 3.16. The van der Waals surface area contributed by atoms with E-state index in [1.54, 1.807) is 0 Å². The second-order valence-electron chi connectivity index (χ2n) is 2.28. The smallest absolute Gasteiger partial charge is 0.142 e. The van der Waals surface area contributed by atoms with Crippen molar-refractivity contribution in [3.63, 3.8) is 0 Å². The van der Waals surface area contributed by atoms with E-state index in [2.05, 4.69) is 5.16 Å². The minimum Gasteiger partial charge on any atom is -0.391 e. The monoisotopic (exact) mass is 164 g/mol. The largest absolute Gasteiger partial charge is 0.391 e. The van der Waals surface area contributed by atoms with Gasteiger partial charge in [-0.1, -0.05) is 35.5 Å². The summed E-state index contributed by atoms with van der Waals surface area (Å²) in [4.78, 5) is 4.95. The number of benzene rings is 1. The van der Waals surface area contributed by atoms with Gasteiger partial charge in [0.25, 0.3) is 0 Å². The minimum absolute atomic E-state index is 0.411. The maximum atomic E-state index is 5.18. The molecule has 0 aliphatic heterocycles. The van der Waals surface area contributed by atoms with Crippen LogP contribution < -0.4 is 5.73 Å². The Labute approximate surface area is 71.8 Å². The predicted molar refractivity (Wildman–Crippen MR) is 48.8 cm³/mol. The second kappa shape index (κ2) is 5.32. The highest BCUT2D eigenvalue weighted by atomic mass is 16.6. The summed E-state index contributed by atoms with van der Waals surface area (Å²) in [6, 6.07) is 9.86. The molecule has 0 aliphatic rings. The lowest BCUT2D eigenvalue weighted by Crippen LogP contribution is -1.99. The molecule has 0 bridgehead atoms. The first-order chi connectivity index (χ1) is 5.93. The Morgan fingerprint density at radius 3 is 2.75 bits per heavy atom. The van der Waals surface area contributed by atoms with Gasteiger partial charge in [0.1, 0.15) is 6.61 Å². The van der Waals surface area contributed by atoms with Gasteiger partial charge in [-0.25, -0.2) is 0 Å². The molecule has 1 aromatic carbocycles. The van der Waals surface area contributed by atoms with Crippen molar-refractivity contribution in [2.75, 3.05) is 6.54 Å². The molecule has 0 saturated heterocycles. The summed E-state index contributed by atoms with van der Waals surface area (Å²) in [5.74, 6) is 0. The molecule has 0 unspecified atom stereocenters. The normalized spacial score (nSPS) is 10.4. The molecule has 0 radical (unpaired) electrons. The summed E-state index contributed by atoms with van der Waals surface area (Å²) in [6.07, 6.45) is 1.53. The highest BCUT2D eigenvalue weighted by molar-refractivity contribution is 5.58. The molecule has 1 aromatic rings. The molecule has 0 aromatic heterocycles. The highest BCUT2D eigenvalue weighted by Gasteiger charge is 1.87. The lowest BCUT2D eigenvalue weighted by Gasteiger charge is -1.97. The highest BCUT2D eigenvalue weighted by Crippen LogP contribution is 1.99. The van der Waals surface area contributed by atoms with Gasteiger partial charge in [0.2, 0.25) is 0 Å². The molecule has 0 fully saturated rings. The van der Waals surface area contributed by atoms with Crippen molar-refractivity contribution < 1.29 is 4.84 Å². The van der Waals surface area contributed by atoms with Crippen molar-refractivity contribution in [1.82, 2.24) is 0 Å². The maximum absolute atomic E-state index is 5.18. The molecule has 0 spiro atoms. The van der Waals surface area contributed by atoms with Crippen molar-refractivity contribution in [3.05, 3.63) is 35.9 Å². The number of rotatable bonds is 4. The van der Waals surface area contributed by atoms with E-state index < -0.39 is 0 Å². The van der Waals surface area contributed by atoms with Gasteiger partial charge in [0.15, 0.2) is 0 Å². The first kappa shape index (κ1) is 8.74. The zero-order valence-corrected chi connectivity index (χ0v) is 6.81. The molecule has 0 heterocycles. The van der Waals surface area contributed by atoms with E-state index in [0.717, 1.165) is 5.56 Å². The van der Waals surface area contributed by atoms with E-state index in [1.165, 1.54) is 6.21 Å². The van der Waals surface area contributed by atoms with Crippen LogP contribution >= 0.6 is 0 Å². The molecule has 12 heavy (non-hydrogen) atoms. The number of hydrogen-bond donors (Lipinski definition) is 1. The summed E-state index contributed by atoms with van der Waals surface area (Å²) in [6.45, 7) is 0.909. The Balaban J connectivity index is 2.29. The zero-order chi connectivity index (χ0) is 8.65. The predicted octanol–water partition coefficient (Wildman–Crippen LogP) is 1.15. The Kier molecular flexibility index (Phi) is 3.88. The van der Waals surface area contributed by atoms with Crippen LogP contribution in [0.4, 0.5) is 0 Å². The lowest BCUT2D eigenvalue weighted by atomic mass is 10.2. The quantitative estimate of drug-likeness (QED) is 0.536. The van der Waals surface area contributed by atoms with E-state index in [1.807, 2.05) is 30.3 Å². The minimum atomic E-state index is 0.411. The third-order valence-corrected chi connectivity index (χ3v) is 1.33. The van der Waals surface area contributed by atoms with Crippen LogP contribution in [0.5, 0.6) is 0 Å². The van der Waals surface area contributed by atoms with Gasteiger partial charge >= 0.3 is 0 Å². The molecule has 1 rings (SSSR count). The van der Waals surface area contributed by atoms with Crippen molar-refractivity contribution in [2.24, 2.45) is 10.9 Å². The third-order valence-electron chi connectivity index (χ3n) is 1.33. The average Bonchev–Trinajstić information content (AvgIpc) is 2.14. The Morgan fingerprint density at radius 2 is 2.08 bits per heavy atom. The Hall–Kier alpha value is -1.35. The van der Waals surface area contributed by atoms with Crippen molar-refractivity contribution in [3.8, 4) is 0 Å². The van der Waals surface area contributed by atoms with Gasteiger partial charge in [-0.3, -0.25) is 0 Å². The summed E-state index contributed by atoms with van der Waals surface area (Å²) < 4.78 is 0. The molecule has 0 aliphatic carbocycles. The first-order valence-electron chi connectivity index (χ1n) is 3.81. The van der Waals surface area contributed by atoms with E-state index in [-0.39, 0.29) is 0 Å². The molecule has 3 heteroatoms. The van der Waals surface area contributed by atoms with Crippen molar-refractivity contribution >= 4 is 6.21 Å². The summed E-state index contributed by atoms with van der Waals surface area (Å²) in [5.41, 5.74) is 6.28. The molecular formula is C9H12N2O. The van der Waals surface area contributed by atoms with Crippen LogP contribution in [0.25, 0.3) is 0 Å². The summed E-state index contributed by atoms with van der Waals surface area (Å²) >= 11 is 0. The van der Waals surface area contributed by atoms with Gasteiger partial charge in [0, 0.05) is 6.54 Å². The summed E-state index contributed by atoms with van der Waals surface area (Å²) in [5, 5.41) is 3.64. The van der Waals surface area contributed by atoms with Crippen LogP contribution in [0.2, 0.25) is 0 Å². The lowest BCUT2D eigenvalue weighted by molar-refractivity contribution is 0.131. The topological polar surface area (TPSA) is 47.6 Å². The van der Waals surface area contributed by atoms with Crippen LogP contribution in [0.15, 0.2) is 35.5 Å². The van der Waals surface area contributed by atoms with Gasteiger partial charge in [0.05, 0.1) is 6.21 Å². The fourth-order valence-electron chi connectivity index (χ4n) is 0.782. The molecule has 0 saturated carbocycles. The van der Waals surface area contributed by atoms with Gasteiger partial charge in [-0.15, -0.1) is 0 Å². The molecular weight excluding hydrogens is 152 g/mol. The first-order valence-corrected chi connectivity index (χ1v) is 3.81. The fourth-order valence-corrected chi connectivity index (χ4v) is 0.782. The fraction of sp³-hybridized carbons (Fsp3) is 0.222. The van der Waals surface area contributed by atoms with E-state index in [9.17, 15) is 0 Å². The van der Waals surface area contributed by atoms with Gasteiger partial charge in [-0.05, 0) is 5.56 Å². The average molecular weight is 164 g/mol. The maximum Gasteiger partial charge on any atom is 0.142 e. The van der Waals surface area contributed by atoms with E-state index in [4.69, 9.17) is 10.6 Å². The Morgan fingerprint density at radius 1 is 1.33 bits per heavy atom. The molecule has 64 valence electrons. The number of nitrogens with zero attached hydrogens (tertiary/aromatic N) is 1. The van der Waals surface area contributed by atoms with E-state index in [0.29, 0.717) is 13.2 Å². The molecule has 0 amide bonds. The van der Waals surface area contributed by atoms with Gasteiger partial charge < -0.3 is 10.6 Å². The second-order valence-corrected chi connectivity index (χ2v) is 2.28. The van der Waals surface area contributed by atoms with Crippen LogP contribution in [-0.2, 0) is 11.4 Å². The van der Waals surface area contributed by atoms with E-state index >= 15 is 0 Å². The molecule has 2 N–H and O–H groups in total. The van der Waals surface area contributed by atoms with Crippen molar-refractivity contribution in [1.29, 1.82) is 0 Å².